The topological polar surface area (TPSA) is 31.9 Å². The van der Waals surface area contributed by atoms with Crippen LogP contribution in [0.5, 0.6) is 0 Å². The number of nitrogens with one attached hydrogen (secondary N) is 1. The van der Waals surface area contributed by atoms with E-state index in [4.69, 9.17) is 0 Å². The molecule has 1 N–H and O–H groups in total. The van der Waals surface area contributed by atoms with Gasteiger partial charge in [-0.25, -0.2) is 0 Å². The van der Waals surface area contributed by atoms with E-state index in [1.165, 1.54) is 11.1 Å². The van der Waals surface area contributed by atoms with Gasteiger partial charge in [0.2, 0.25) is 0 Å². The van der Waals surface area contributed by atoms with Crippen LogP contribution in [0.15, 0.2) is 24.4 Å². The summed E-state index contributed by atoms with van der Waals surface area (Å²) >= 11 is 0. The molecule has 0 atom stereocenters. The molecule has 0 amide bonds. The van der Waals surface area contributed by atoms with Crippen molar-refractivity contribution in [3.05, 3.63) is 24.4 Å². The lowest BCUT2D eigenvalue weighted by Crippen LogP contribution is -2.12. The number of aromatic nitrogens is 2. The Labute approximate surface area is 71.4 Å². The molecular weight excluding hydrogens is 150 g/mol. The lowest BCUT2D eigenvalue weighted by molar-refractivity contribution is 0.967. The summed E-state index contributed by atoms with van der Waals surface area (Å²) in [6, 6.07) is 6.18. The highest BCUT2D eigenvalue weighted by molar-refractivity contribution is 5.76. The van der Waals surface area contributed by atoms with Crippen molar-refractivity contribution >= 4 is 5.82 Å². The fourth-order valence-electron chi connectivity index (χ4n) is 1.33. The Hall–Kier alpha value is -1.51. The van der Waals surface area contributed by atoms with E-state index < -0.39 is 0 Å². The molecule has 3 heteroatoms. The summed E-state index contributed by atoms with van der Waals surface area (Å²) in [5, 5.41) is 7.01. The molecule has 0 aromatic rings. The largest absolute Gasteiger partial charge is 0.363 e. The van der Waals surface area contributed by atoms with Crippen LogP contribution in [0.3, 0.4) is 0 Å². The highest BCUT2D eigenvalue weighted by Gasteiger charge is 2.08. The molecule has 2 rings (SSSR count). The van der Waals surface area contributed by atoms with Gasteiger partial charge in [0.05, 0.1) is 6.20 Å². The molecular formula is C9H11N3. The van der Waals surface area contributed by atoms with E-state index in [1.807, 2.05) is 31.3 Å². The van der Waals surface area contributed by atoms with Gasteiger partial charge in [0.1, 0.15) is 5.82 Å². The number of hydrogen-bond donors (Lipinski definition) is 1. The van der Waals surface area contributed by atoms with E-state index in [2.05, 4.69) is 22.3 Å². The first-order valence-corrected chi connectivity index (χ1v) is 3.88. The van der Waals surface area contributed by atoms with Crippen molar-refractivity contribution in [1.29, 1.82) is 0 Å². The normalized spacial score (nSPS) is 10.5. The highest BCUT2D eigenvalue weighted by atomic mass is 15.2. The molecule has 0 aromatic carbocycles. The summed E-state index contributed by atoms with van der Waals surface area (Å²) in [5.74, 6) is 1.05. The summed E-state index contributed by atoms with van der Waals surface area (Å²) in [4.78, 5) is 2.02. The van der Waals surface area contributed by atoms with Gasteiger partial charge < -0.3 is 4.90 Å². The molecule has 0 unspecified atom stereocenters. The third-order valence-electron chi connectivity index (χ3n) is 1.93. The first-order chi connectivity index (χ1) is 5.79. The zero-order valence-corrected chi connectivity index (χ0v) is 7.20. The molecule has 1 aliphatic heterocycles. The van der Waals surface area contributed by atoms with Crippen molar-refractivity contribution in [2.24, 2.45) is 0 Å². The van der Waals surface area contributed by atoms with E-state index in [1.54, 1.807) is 0 Å². The molecule has 12 heavy (non-hydrogen) atoms. The minimum absolute atomic E-state index is 1.05. The molecule has 62 valence electrons. The third-order valence-corrected chi connectivity index (χ3v) is 1.93. The minimum Gasteiger partial charge on any atom is -0.363 e. The monoisotopic (exact) mass is 161 g/mol. The van der Waals surface area contributed by atoms with Crippen LogP contribution in [0.4, 0.5) is 5.82 Å². The lowest BCUT2D eigenvalue weighted by Gasteiger charge is -2.15. The Morgan fingerprint density at radius 3 is 2.92 bits per heavy atom. The van der Waals surface area contributed by atoms with E-state index >= 15 is 0 Å². The second kappa shape index (κ2) is 2.52. The summed E-state index contributed by atoms with van der Waals surface area (Å²) in [6.45, 7) is 0. The second-order valence-corrected chi connectivity index (χ2v) is 3.01. The SMILES string of the molecule is CN(C)c1[nH]ncc2cccc1-2. The average molecular weight is 161 g/mol. The highest BCUT2D eigenvalue weighted by Crippen LogP contribution is 2.28. The zero-order chi connectivity index (χ0) is 8.55. The van der Waals surface area contributed by atoms with Crippen LogP contribution in [0.25, 0.3) is 11.1 Å². The fraction of sp³-hybridized carbons (Fsp3) is 0.222. The lowest BCUT2D eigenvalue weighted by atomic mass is 10.2. The zero-order valence-electron chi connectivity index (χ0n) is 7.20. The molecule has 3 nitrogen and oxygen atoms in total. The molecule has 0 saturated carbocycles. The molecule has 0 radical (unpaired) electrons. The maximum absolute atomic E-state index is 4.04. The molecule has 0 bridgehead atoms. The number of rotatable bonds is 1. The van der Waals surface area contributed by atoms with Gasteiger partial charge in [-0.05, 0) is 0 Å². The van der Waals surface area contributed by atoms with E-state index in [-0.39, 0.29) is 0 Å². The summed E-state index contributed by atoms with van der Waals surface area (Å²) in [5.41, 5.74) is 2.40. The van der Waals surface area contributed by atoms with E-state index in [0.717, 1.165) is 5.82 Å². The number of fused-ring (bicyclic) bond motifs is 1. The third kappa shape index (κ3) is 0.942. The maximum atomic E-state index is 4.04. The van der Waals surface area contributed by atoms with Crippen LogP contribution >= 0.6 is 0 Å². The smallest absolute Gasteiger partial charge is 0.129 e. The number of H-pyrrole nitrogens is 1. The fourth-order valence-corrected chi connectivity index (χ4v) is 1.33. The summed E-state index contributed by atoms with van der Waals surface area (Å²) < 4.78 is 0. The van der Waals surface area contributed by atoms with Gasteiger partial charge in [-0.2, -0.15) is 5.10 Å². The Balaban J connectivity index is 2.63. The van der Waals surface area contributed by atoms with Crippen LogP contribution in [0, 0.1) is 0 Å². The minimum atomic E-state index is 1.05. The van der Waals surface area contributed by atoms with Crippen molar-refractivity contribution in [3.63, 3.8) is 0 Å². The molecule has 2 aliphatic rings. The van der Waals surface area contributed by atoms with Gasteiger partial charge in [0, 0.05) is 25.2 Å². The number of aromatic amines is 1. The van der Waals surface area contributed by atoms with Crippen LogP contribution < -0.4 is 4.90 Å². The number of anilines is 1. The molecule has 0 saturated heterocycles. The van der Waals surface area contributed by atoms with Crippen LogP contribution in [-0.4, -0.2) is 24.3 Å². The van der Waals surface area contributed by atoms with Crippen LogP contribution in [-0.2, 0) is 0 Å². The summed E-state index contributed by atoms with van der Waals surface area (Å²) in [6.07, 6.45) is 1.84. The Kier molecular flexibility index (Phi) is 1.50. The standard InChI is InChI=1S/C9H11N3/c1-12(2)9-8-5-3-4-7(8)6-10-11-9/h3-6,11H,1-2H3. The first-order valence-electron chi connectivity index (χ1n) is 3.88. The molecule has 0 aromatic heterocycles. The molecule has 0 fully saturated rings. The number of nitrogens with zero attached hydrogens (tertiary/aromatic N) is 2. The van der Waals surface area contributed by atoms with Crippen molar-refractivity contribution < 1.29 is 0 Å². The van der Waals surface area contributed by atoms with Crippen molar-refractivity contribution in [2.45, 2.75) is 0 Å². The van der Waals surface area contributed by atoms with Gasteiger partial charge in [0.25, 0.3) is 0 Å². The Morgan fingerprint density at radius 2 is 2.17 bits per heavy atom. The summed E-state index contributed by atoms with van der Waals surface area (Å²) in [7, 11) is 4.00. The molecule has 1 heterocycles. The van der Waals surface area contributed by atoms with Gasteiger partial charge in [-0.15, -0.1) is 0 Å². The van der Waals surface area contributed by atoms with E-state index in [9.17, 15) is 0 Å². The second-order valence-electron chi connectivity index (χ2n) is 3.01. The van der Waals surface area contributed by atoms with Gasteiger partial charge >= 0.3 is 0 Å². The van der Waals surface area contributed by atoms with Crippen molar-refractivity contribution in [1.82, 2.24) is 10.2 Å². The first kappa shape index (κ1) is 7.16. The molecule has 1 aliphatic carbocycles. The Morgan fingerprint density at radius 1 is 1.33 bits per heavy atom. The predicted molar refractivity (Wildman–Crippen MR) is 49.5 cm³/mol. The van der Waals surface area contributed by atoms with Gasteiger partial charge in [-0.3, -0.25) is 5.10 Å². The number of hydrogen-bond acceptors (Lipinski definition) is 2. The van der Waals surface area contributed by atoms with Gasteiger partial charge in [-0.1, -0.05) is 18.2 Å². The van der Waals surface area contributed by atoms with Crippen LogP contribution in [0.2, 0.25) is 0 Å². The van der Waals surface area contributed by atoms with Crippen molar-refractivity contribution in [3.8, 4) is 11.1 Å². The van der Waals surface area contributed by atoms with Crippen LogP contribution in [0.1, 0.15) is 0 Å². The average Bonchev–Trinajstić information content (AvgIpc) is 2.49. The Bertz CT molecular complexity index is 351. The van der Waals surface area contributed by atoms with E-state index in [0.29, 0.717) is 0 Å². The van der Waals surface area contributed by atoms with Crippen molar-refractivity contribution in [2.75, 3.05) is 19.0 Å². The van der Waals surface area contributed by atoms with Gasteiger partial charge in [0.15, 0.2) is 0 Å². The predicted octanol–water partition coefficient (Wildman–Crippen LogP) is 1.58. The maximum Gasteiger partial charge on any atom is 0.129 e. The molecule has 0 spiro atoms. The quantitative estimate of drug-likeness (QED) is 0.688.